The van der Waals surface area contributed by atoms with Crippen LogP contribution in [0.2, 0.25) is 0 Å². The second-order valence-electron chi connectivity index (χ2n) is 11.7. The summed E-state index contributed by atoms with van der Waals surface area (Å²) in [6, 6.07) is 13.5. The molecule has 0 unspecified atom stereocenters. The van der Waals surface area contributed by atoms with E-state index in [2.05, 4.69) is 27.1 Å². The van der Waals surface area contributed by atoms with Crippen LogP contribution in [0.3, 0.4) is 0 Å². The first-order valence-electron chi connectivity index (χ1n) is 15.8. The molecule has 3 aromatic carbocycles. The number of halogens is 4. The van der Waals surface area contributed by atoms with E-state index < -0.39 is 23.6 Å². The van der Waals surface area contributed by atoms with Crippen LogP contribution in [0.25, 0.3) is 10.9 Å². The molecule has 0 saturated carbocycles. The van der Waals surface area contributed by atoms with Crippen molar-refractivity contribution in [3.8, 4) is 23.0 Å². The lowest BCUT2D eigenvalue weighted by Crippen LogP contribution is -2.44. The molecule has 0 spiro atoms. The minimum absolute atomic E-state index is 0.0872. The molecule has 4 aromatic rings. The predicted molar refractivity (Wildman–Crippen MR) is 178 cm³/mol. The lowest BCUT2D eigenvalue weighted by atomic mass is 10.1. The number of amides is 2. The summed E-state index contributed by atoms with van der Waals surface area (Å²) in [5.41, 5.74) is -0.202. The van der Waals surface area contributed by atoms with Crippen LogP contribution in [-0.4, -0.2) is 85.9 Å². The highest BCUT2D eigenvalue weighted by Crippen LogP contribution is 2.39. The second-order valence-corrected chi connectivity index (χ2v) is 11.7. The third-order valence-electron chi connectivity index (χ3n) is 8.37. The summed E-state index contributed by atoms with van der Waals surface area (Å²) >= 11 is 0. The number of carbonyl (C=O) groups excluding carboxylic acids is 1. The number of urea groups is 1. The number of pyridine rings is 1. The minimum atomic E-state index is -4.56. The van der Waals surface area contributed by atoms with Gasteiger partial charge < -0.3 is 34.2 Å². The highest BCUT2D eigenvalue weighted by atomic mass is 19.4. The van der Waals surface area contributed by atoms with E-state index in [0.717, 1.165) is 51.3 Å². The maximum Gasteiger partial charge on any atom is 0.418 e. The quantitative estimate of drug-likeness (QED) is 0.142. The van der Waals surface area contributed by atoms with Gasteiger partial charge in [-0.3, -0.25) is 9.88 Å². The Morgan fingerprint density at radius 2 is 1.73 bits per heavy atom. The summed E-state index contributed by atoms with van der Waals surface area (Å²) in [5, 5.41) is 3.15. The molecule has 1 fully saturated rings. The van der Waals surface area contributed by atoms with E-state index in [1.54, 1.807) is 31.5 Å². The second kappa shape index (κ2) is 14.6. The summed E-state index contributed by atoms with van der Waals surface area (Å²) in [5.74, 6) is 0.532. The van der Waals surface area contributed by atoms with Crippen LogP contribution in [0.15, 0.2) is 79.3 Å². The molecule has 2 aliphatic rings. The smallest absolute Gasteiger partial charge is 0.418 e. The Bertz CT molecular complexity index is 1830. The normalized spacial score (nSPS) is 15.6. The predicted octanol–water partition coefficient (Wildman–Crippen LogP) is 6.99. The van der Waals surface area contributed by atoms with Gasteiger partial charge in [-0.05, 0) is 49.9 Å². The topological polar surface area (TPSA) is 82.6 Å². The first-order valence-corrected chi connectivity index (χ1v) is 15.8. The fourth-order valence-electron chi connectivity index (χ4n) is 5.68. The summed E-state index contributed by atoms with van der Waals surface area (Å²) < 4.78 is 73.3. The number of anilines is 2. The SMILES string of the molecule is COc1cc2c(Oc3ccc(NC(=O)N4C=CN(c5ccccc5C(F)(F)F)C4)cc3F)ccnc2cc1OCCCN1CCN(C)CC1. The van der Waals surface area contributed by atoms with E-state index >= 15 is 4.39 Å². The fourth-order valence-corrected chi connectivity index (χ4v) is 5.68. The molecular weight excluding hydrogens is 644 g/mol. The van der Waals surface area contributed by atoms with Crippen LogP contribution in [0.5, 0.6) is 23.0 Å². The van der Waals surface area contributed by atoms with Gasteiger partial charge in [-0.2, -0.15) is 13.2 Å². The van der Waals surface area contributed by atoms with Crippen LogP contribution in [0, 0.1) is 5.82 Å². The van der Waals surface area contributed by atoms with Crippen molar-refractivity contribution in [1.82, 2.24) is 19.7 Å². The number of carbonyl (C=O) groups is 1. The van der Waals surface area contributed by atoms with Crippen molar-refractivity contribution >= 4 is 28.3 Å². The molecule has 2 aliphatic heterocycles. The van der Waals surface area contributed by atoms with Crippen molar-refractivity contribution in [3.05, 3.63) is 90.6 Å². The number of nitrogens with one attached hydrogen (secondary N) is 1. The van der Waals surface area contributed by atoms with Gasteiger partial charge in [-0.25, -0.2) is 9.18 Å². The number of hydrogen-bond acceptors (Lipinski definition) is 8. The van der Waals surface area contributed by atoms with Crippen molar-refractivity contribution in [2.75, 3.05) is 70.4 Å². The first-order chi connectivity index (χ1) is 23.6. The van der Waals surface area contributed by atoms with Gasteiger partial charge in [0.15, 0.2) is 23.1 Å². The molecule has 1 aromatic heterocycles. The van der Waals surface area contributed by atoms with Crippen LogP contribution < -0.4 is 24.4 Å². The number of ether oxygens (including phenoxy) is 3. The number of nitrogens with zero attached hydrogens (tertiary/aromatic N) is 5. The zero-order chi connectivity index (χ0) is 34.5. The van der Waals surface area contributed by atoms with Gasteiger partial charge >= 0.3 is 12.2 Å². The minimum Gasteiger partial charge on any atom is -0.493 e. The van der Waals surface area contributed by atoms with Crippen molar-refractivity contribution in [1.29, 1.82) is 0 Å². The number of hydrogen-bond donors (Lipinski definition) is 1. The highest BCUT2D eigenvalue weighted by Gasteiger charge is 2.35. The number of alkyl halides is 3. The molecule has 10 nitrogen and oxygen atoms in total. The monoisotopic (exact) mass is 680 g/mol. The van der Waals surface area contributed by atoms with Gasteiger partial charge in [-0.1, -0.05) is 12.1 Å². The molecule has 0 bridgehead atoms. The number of likely N-dealkylation sites (N-methyl/N-ethyl adjacent to an activating group) is 1. The fraction of sp³-hybridized carbons (Fsp3) is 0.314. The molecule has 49 heavy (non-hydrogen) atoms. The van der Waals surface area contributed by atoms with Crippen molar-refractivity contribution in [2.24, 2.45) is 0 Å². The van der Waals surface area contributed by atoms with E-state index in [1.165, 1.54) is 52.5 Å². The largest absolute Gasteiger partial charge is 0.493 e. The summed E-state index contributed by atoms with van der Waals surface area (Å²) in [7, 11) is 3.67. The molecule has 3 heterocycles. The maximum absolute atomic E-state index is 15.3. The number of aromatic nitrogens is 1. The standard InChI is InChI=1S/C35H36F4N6O4/c1-42-13-15-43(16-14-42)12-5-19-48-33-22-28-25(21-32(33)47-2)30(10-11-40-28)49-31-9-8-24(20-27(31)36)41-34(46)45-18-17-44(23-45)29-7-4-3-6-26(29)35(37,38)39/h3-4,6-11,17-18,20-22H,5,12-16,19,23H2,1-2H3,(H,41,46). The number of para-hydroxylation sites is 1. The third kappa shape index (κ3) is 7.98. The molecule has 14 heteroatoms. The summed E-state index contributed by atoms with van der Waals surface area (Å²) in [6.45, 7) is 5.50. The molecular formula is C35H36F4N6O4. The molecule has 1 N–H and O–H groups in total. The number of fused-ring (bicyclic) bond motifs is 1. The van der Waals surface area contributed by atoms with Crippen LogP contribution in [-0.2, 0) is 6.18 Å². The third-order valence-corrected chi connectivity index (χ3v) is 8.37. The van der Waals surface area contributed by atoms with Gasteiger partial charge in [0, 0.05) is 74.5 Å². The Hall–Kier alpha value is -5.08. The van der Waals surface area contributed by atoms with Gasteiger partial charge in [0.05, 0.1) is 30.5 Å². The molecule has 258 valence electrons. The number of benzene rings is 3. The molecule has 6 rings (SSSR count). The lowest BCUT2D eigenvalue weighted by molar-refractivity contribution is -0.137. The van der Waals surface area contributed by atoms with Gasteiger partial charge in [0.1, 0.15) is 12.4 Å². The van der Waals surface area contributed by atoms with E-state index in [0.29, 0.717) is 34.8 Å². The lowest BCUT2D eigenvalue weighted by Gasteiger charge is -2.32. The van der Waals surface area contributed by atoms with E-state index in [1.807, 2.05) is 0 Å². The Kier molecular flexibility index (Phi) is 10.1. The van der Waals surface area contributed by atoms with Gasteiger partial charge in [0.2, 0.25) is 0 Å². The zero-order valence-electron chi connectivity index (χ0n) is 27.0. The molecule has 0 radical (unpaired) electrons. The first kappa shape index (κ1) is 33.8. The van der Waals surface area contributed by atoms with Crippen LogP contribution in [0.1, 0.15) is 12.0 Å². The summed E-state index contributed by atoms with van der Waals surface area (Å²) in [6.07, 6.45) is 0.580. The molecule has 1 saturated heterocycles. The molecule has 0 aliphatic carbocycles. The average molecular weight is 681 g/mol. The van der Waals surface area contributed by atoms with E-state index in [4.69, 9.17) is 14.2 Å². The number of methoxy groups -OCH3 is 1. The van der Waals surface area contributed by atoms with Crippen molar-refractivity contribution < 1.29 is 36.6 Å². The van der Waals surface area contributed by atoms with Crippen molar-refractivity contribution in [2.45, 2.75) is 12.6 Å². The van der Waals surface area contributed by atoms with Gasteiger partial charge in [-0.15, -0.1) is 0 Å². The van der Waals surface area contributed by atoms with Crippen molar-refractivity contribution in [3.63, 3.8) is 0 Å². The highest BCUT2D eigenvalue weighted by molar-refractivity contribution is 5.91. The maximum atomic E-state index is 15.3. The average Bonchev–Trinajstić information content (AvgIpc) is 3.59. The Morgan fingerprint density at radius 1 is 0.939 bits per heavy atom. The van der Waals surface area contributed by atoms with E-state index in [9.17, 15) is 18.0 Å². The Morgan fingerprint density at radius 3 is 2.49 bits per heavy atom. The number of rotatable bonds is 10. The van der Waals surface area contributed by atoms with Gasteiger partial charge in [0.25, 0.3) is 0 Å². The molecule has 2 amide bonds. The Labute approximate surface area is 281 Å². The molecule has 0 atom stereocenters. The number of piperazine rings is 1. The summed E-state index contributed by atoms with van der Waals surface area (Å²) in [4.78, 5) is 24.6. The van der Waals surface area contributed by atoms with Crippen LogP contribution in [0.4, 0.5) is 33.7 Å². The van der Waals surface area contributed by atoms with Crippen LogP contribution >= 0.6 is 0 Å². The van der Waals surface area contributed by atoms with E-state index in [-0.39, 0.29) is 23.8 Å². The Balaban J connectivity index is 1.08. The zero-order valence-corrected chi connectivity index (χ0v) is 27.0.